The van der Waals surface area contributed by atoms with E-state index in [2.05, 4.69) is 5.32 Å². The first kappa shape index (κ1) is 27.5. The van der Waals surface area contributed by atoms with Crippen LogP contribution in [0.1, 0.15) is 42.1 Å². The summed E-state index contributed by atoms with van der Waals surface area (Å²) in [6.45, 7) is 1.37. The summed E-state index contributed by atoms with van der Waals surface area (Å²) in [4.78, 5) is 40.1. The first-order valence-electron chi connectivity index (χ1n) is 11.9. The van der Waals surface area contributed by atoms with Crippen LogP contribution in [-0.4, -0.2) is 66.4 Å². The summed E-state index contributed by atoms with van der Waals surface area (Å²) < 4.78 is 66.2. The number of halogens is 3. The van der Waals surface area contributed by atoms with Gasteiger partial charge in [-0.1, -0.05) is 13.3 Å². The number of nitrogens with one attached hydrogen (secondary N) is 1. The summed E-state index contributed by atoms with van der Waals surface area (Å²) >= 11 is 0. The number of fused-ring (bicyclic) bond motifs is 1. The molecule has 38 heavy (non-hydrogen) atoms. The molecule has 3 atom stereocenters. The number of nitrogens with zero attached hydrogens (tertiary/aromatic N) is 3. The zero-order chi connectivity index (χ0) is 27.8. The van der Waals surface area contributed by atoms with E-state index in [-0.39, 0.29) is 29.8 Å². The molecule has 2 saturated heterocycles. The highest BCUT2D eigenvalue weighted by Gasteiger charge is 2.54. The maximum absolute atomic E-state index is 13.4. The zero-order valence-electron chi connectivity index (χ0n) is 20.2. The molecule has 2 aliphatic rings. The summed E-state index contributed by atoms with van der Waals surface area (Å²) in [5, 5.41) is 14.1. The Morgan fingerprint density at radius 1 is 1.21 bits per heavy atom. The number of hydrogen-bond acceptors (Lipinski definition) is 6. The van der Waals surface area contributed by atoms with Gasteiger partial charge in [-0.05, 0) is 43.2 Å². The van der Waals surface area contributed by atoms with Crippen LogP contribution in [0.3, 0.4) is 0 Å². The molecule has 204 valence electrons. The molecule has 10 nitrogen and oxygen atoms in total. The van der Waals surface area contributed by atoms with Crippen molar-refractivity contribution in [1.29, 1.82) is 0 Å². The molecular formula is C24H25F3N4O6S. The normalized spacial score (nSPS) is 20.8. The van der Waals surface area contributed by atoms with Crippen LogP contribution in [0.25, 0.3) is 0 Å². The fourth-order valence-electron chi connectivity index (χ4n) is 4.86. The Bertz CT molecular complexity index is 1350. The first-order valence-corrected chi connectivity index (χ1v) is 13.3. The van der Waals surface area contributed by atoms with E-state index in [1.807, 2.05) is 0 Å². The summed E-state index contributed by atoms with van der Waals surface area (Å²) in [5.74, 6) is -1.82. The molecule has 2 fully saturated rings. The van der Waals surface area contributed by atoms with Crippen LogP contribution in [0.4, 0.5) is 13.2 Å². The Labute approximate surface area is 216 Å². The number of likely N-dealkylation sites (tertiary alicyclic amines) is 1. The summed E-state index contributed by atoms with van der Waals surface area (Å²) in [6, 6.07) is 3.12. The van der Waals surface area contributed by atoms with Gasteiger partial charge in [-0.3, -0.25) is 14.4 Å². The molecule has 4 rings (SSSR count). The van der Waals surface area contributed by atoms with Crippen LogP contribution in [0.2, 0.25) is 0 Å². The Hall–Kier alpha value is -3.52. The summed E-state index contributed by atoms with van der Waals surface area (Å²) in [5.41, 5.74) is -0.989. The van der Waals surface area contributed by atoms with Crippen LogP contribution in [0.5, 0.6) is 0 Å². The fourth-order valence-corrected chi connectivity index (χ4v) is 6.49. The number of rotatable bonds is 7. The Balaban J connectivity index is 1.51. The third kappa shape index (κ3) is 5.23. The van der Waals surface area contributed by atoms with Crippen molar-refractivity contribution in [2.24, 2.45) is 0 Å². The van der Waals surface area contributed by atoms with E-state index in [4.69, 9.17) is 0 Å². The van der Waals surface area contributed by atoms with Crippen molar-refractivity contribution >= 4 is 27.6 Å². The molecule has 1 aromatic heterocycles. The first-order chi connectivity index (χ1) is 17.8. The number of sulfonamides is 1. The molecule has 3 heterocycles. The number of ketones is 1. The number of Topliss-reactive ketones (excluding diaryl/α,β-unsaturated/α-hetero) is 1. The van der Waals surface area contributed by atoms with Gasteiger partial charge in [-0.2, -0.15) is 22.2 Å². The third-order valence-corrected chi connectivity index (χ3v) is 8.52. The van der Waals surface area contributed by atoms with Gasteiger partial charge in [-0.15, -0.1) is 0 Å². The minimum atomic E-state index is -4.56. The van der Waals surface area contributed by atoms with Gasteiger partial charge in [0, 0.05) is 18.2 Å². The molecule has 2 aliphatic heterocycles. The van der Waals surface area contributed by atoms with E-state index in [0.717, 1.165) is 41.0 Å². The lowest BCUT2D eigenvalue weighted by molar-refractivity contribution is -0.607. The lowest BCUT2D eigenvalue weighted by Gasteiger charge is -2.28. The van der Waals surface area contributed by atoms with Gasteiger partial charge < -0.3 is 15.4 Å². The third-order valence-electron chi connectivity index (χ3n) is 6.67. The van der Waals surface area contributed by atoms with Gasteiger partial charge in [0.15, 0.2) is 18.2 Å². The molecule has 0 spiro atoms. The van der Waals surface area contributed by atoms with E-state index in [9.17, 15) is 41.2 Å². The van der Waals surface area contributed by atoms with Gasteiger partial charge >= 0.3 is 6.18 Å². The molecule has 0 radical (unpaired) electrons. The van der Waals surface area contributed by atoms with Gasteiger partial charge in [0.1, 0.15) is 17.0 Å². The van der Waals surface area contributed by atoms with Gasteiger partial charge in [0.25, 0.3) is 5.91 Å². The van der Waals surface area contributed by atoms with E-state index in [1.54, 1.807) is 6.92 Å². The van der Waals surface area contributed by atoms with E-state index in [0.29, 0.717) is 11.2 Å². The average molecular weight is 555 g/mol. The van der Waals surface area contributed by atoms with E-state index in [1.165, 1.54) is 17.0 Å². The number of carbonyl (C=O) groups excluding carboxylic acids is 3. The quantitative estimate of drug-likeness (QED) is 0.408. The molecule has 14 heteroatoms. The van der Waals surface area contributed by atoms with Crippen molar-refractivity contribution in [3.63, 3.8) is 0 Å². The van der Waals surface area contributed by atoms with Crippen molar-refractivity contribution < 1.29 is 40.7 Å². The lowest BCUT2D eigenvalue weighted by Crippen LogP contribution is -2.52. The molecule has 1 N–H and O–H groups in total. The predicted octanol–water partition coefficient (Wildman–Crippen LogP) is 1.48. The molecule has 1 aromatic carbocycles. The molecule has 0 saturated carbocycles. The fraction of sp³-hybridized carbons (Fsp3) is 0.417. The van der Waals surface area contributed by atoms with Crippen molar-refractivity contribution in [3.8, 4) is 0 Å². The van der Waals surface area contributed by atoms with Crippen molar-refractivity contribution in [3.05, 3.63) is 65.1 Å². The minimum absolute atomic E-state index is 0.0681. The second-order valence-corrected chi connectivity index (χ2v) is 11.0. The van der Waals surface area contributed by atoms with Crippen LogP contribution in [-0.2, 0) is 25.8 Å². The number of amides is 2. The minimum Gasteiger partial charge on any atom is -0.619 e. The van der Waals surface area contributed by atoms with Crippen LogP contribution >= 0.6 is 0 Å². The van der Waals surface area contributed by atoms with Crippen molar-refractivity contribution in [1.82, 2.24) is 14.5 Å². The SMILES string of the molecule is CCCC(NC(=O)c1ccc(C(F)(F)F)cc1)C(=O)N1CCC2C1C(=O)CN2S(=O)(=O)c1ccc[n+]([O-])c1. The Kier molecular flexibility index (Phi) is 7.48. The summed E-state index contributed by atoms with van der Waals surface area (Å²) in [7, 11) is -4.19. The number of benzene rings is 1. The monoisotopic (exact) mass is 554 g/mol. The molecule has 3 unspecified atom stereocenters. The molecular weight excluding hydrogens is 529 g/mol. The zero-order valence-corrected chi connectivity index (χ0v) is 21.0. The number of carbonyl (C=O) groups is 3. The predicted molar refractivity (Wildman–Crippen MR) is 126 cm³/mol. The number of pyridine rings is 1. The number of aromatic nitrogens is 1. The van der Waals surface area contributed by atoms with E-state index < -0.39 is 64.0 Å². The highest BCUT2D eigenvalue weighted by Crippen LogP contribution is 2.34. The maximum atomic E-state index is 13.4. The highest BCUT2D eigenvalue weighted by molar-refractivity contribution is 7.89. The summed E-state index contributed by atoms with van der Waals surface area (Å²) in [6.07, 6.45) is -1.70. The van der Waals surface area contributed by atoms with Gasteiger partial charge in [-0.25, -0.2) is 8.42 Å². The van der Waals surface area contributed by atoms with E-state index >= 15 is 0 Å². The van der Waals surface area contributed by atoms with Crippen molar-refractivity contribution in [2.75, 3.05) is 13.1 Å². The smallest absolute Gasteiger partial charge is 0.416 e. The molecule has 0 aliphatic carbocycles. The average Bonchev–Trinajstić information content (AvgIpc) is 3.44. The Morgan fingerprint density at radius 2 is 1.89 bits per heavy atom. The maximum Gasteiger partial charge on any atom is 0.416 e. The van der Waals surface area contributed by atoms with Crippen LogP contribution < -0.4 is 10.0 Å². The Morgan fingerprint density at radius 3 is 2.50 bits per heavy atom. The van der Waals surface area contributed by atoms with Gasteiger partial charge in [0.05, 0.1) is 18.2 Å². The van der Waals surface area contributed by atoms with Crippen molar-refractivity contribution in [2.45, 2.75) is 55.4 Å². The molecule has 0 bridgehead atoms. The van der Waals surface area contributed by atoms with Gasteiger partial charge in [0.2, 0.25) is 15.9 Å². The second kappa shape index (κ2) is 10.3. The second-order valence-electron chi connectivity index (χ2n) is 9.14. The highest BCUT2D eigenvalue weighted by atomic mass is 32.2. The molecule has 2 aromatic rings. The largest absolute Gasteiger partial charge is 0.619 e. The number of hydrogen-bond donors (Lipinski definition) is 1. The number of alkyl halides is 3. The lowest BCUT2D eigenvalue weighted by atomic mass is 10.1. The van der Waals surface area contributed by atoms with Crippen LogP contribution in [0, 0.1) is 5.21 Å². The molecule has 2 amide bonds. The standard InChI is InChI=1S/C24H25F3N4O6S/c1-2-4-18(28-22(33)15-6-8-16(9-7-15)24(25,26)27)23(34)30-12-10-19-21(30)20(32)14-31(19)38(36,37)17-5-3-11-29(35)13-17/h3,5-9,11,13,18-19,21H,2,4,10,12,14H2,1H3,(H,28,33). The topological polar surface area (TPSA) is 131 Å². The van der Waals surface area contributed by atoms with Crippen LogP contribution in [0.15, 0.2) is 53.7 Å².